The summed E-state index contributed by atoms with van der Waals surface area (Å²) in [5.41, 5.74) is 4.95. The van der Waals surface area contributed by atoms with Gasteiger partial charge in [0.2, 0.25) is 0 Å². The first-order chi connectivity index (χ1) is 10.2. The minimum atomic E-state index is 0.668. The lowest BCUT2D eigenvalue weighted by atomic mass is 10.1. The molecule has 0 spiro atoms. The van der Waals surface area contributed by atoms with E-state index in [-0.39, 0.29) is 0 Å². The number of hydrogen-bond donors (Lipinski definition) is 1. The highest BCUT2D eigenvalue weighted by atomic mass is 16.5. The summed E-state index contributed by atoms with van der Waals surface area (Å²) in [7, 11) is 5.88. The maximum atomic E-state index is 5.12. The zero-order chi connectivity index (χ0) is 15.1. The van der Waals surface area contributed by atoms with Crippen molar-refractivity contribution in [2.24, 2.45) is 0 Å². The summed E-state index contributed by atoms with van der Waals surface area (Å²) in [5.74, 6) is 0. The molecule has 2 aromatic rings. The zero-order valence-electron chi connectivity index (χ0n) is 13.1. The minimum Gasteiger partial charge on any atom is -0.381 e. The van der Waals surface area contributed by atoms with Gasteiger partial charge in [-0.2, -0.15) is 0 Å². The van der Waals surface area contributed by atoms with E-state index in [1.165, 1.54) is 16.7 Å². The molecule has 2 aromatic carbocycles. The average Bonchev–Trinajstić information content (AvgIpc) is 2.48. The van der Waals surface area contributed by atoms with Gasteiger partial charge >= 0.3 is 0 Å². The maximum Gasteiger partial charge on any atom is 0.0713 e. The summed E-state index contributed by atoms with van der Waals surface area (Å²) in [4.78, 5) is 2.17. The Hall–Kier alpha value is -1.84. The SMILES string of the molecule is COCc1ccc(CNc2ccc(CN(C)C)cc2)cc1. The summed E-state index contributed by atoms with van der Waals surface area (Å²) in [6, 6.07) is 17.1. The summed E-state index contributed by atoms with van der Waals surface area (Å²) in [6.45, 7) is 2.47. The van der Waals surface area contributed by atoms with Crippen molar-refractivity contribution < 1.29 is 4.74 Å². The largest absolute Gasteiger partial charge is 0.381 e. The van der Waals surface area contributed by atoms with Crippen LogP contribution in [-0.2, 0) is 24.4 Å². The van der Waals surface area contributed by atoms with Crippen molar-refractivity contribution >= 4 is 5.69 Å². The second-order valence-corrected chi connectivity index (χ2v) is 5.54. The van der Waals surface area contributed by atoms with Crippen molar-refractivity contribution in [2.45, 2.75) is 19.7 Å². The molecule has 0 aliphatic heterocycles. The highest BCUT2D eigenvalue weighted by molar-refractivity contribution is 5.45. The molecular weight excluding hydrogens is 260 g/mol. The van der Waals surface area contributed by atoms with Crippen molar-refractivity contribution in [1.82, 2.24) is 4.90 Å². The van der Waals surface area contributed by atoms with Crippen LogP contribution < -0.4 is 5.32 Å². The van der Waals surface area contributed by atoms with E-state index in [4.69, 9.17) is 4.74 Å². The lowest BCUT2D eigenvalue weighted by molar-refractivity contribution is 0.185. The van der Waals surface area contributed by atoms with E-state index in [0.717, 1.165) is 18.8 Å². The fourth-order valence-corrected chi connectivity index (χ4v) is 2.22. The van der Waals surface area contributed by atoms with Crippen LogP contribution in [-0.4, -0.2) is 26.1 Å². The number of nitrogens with one attached hydrogen (secondary N) is 1. The highest BCUT2D eigenvalue weighted by Crippen LogP contribution is 2.13. The fraction of sp³-hybridized carbons (Fsp3) is 0.333. The van der Waals surface area contributed by atoms with E-state index in [1.54, 1.807) is 7.11 Å². The van der Waals surface area contributed by atoms with E-state index in [0.29, 0.717) is 6.61 Å². The Morgan fingerprint density at radius 2 is 1.43 bits per heavy atom. The number of rotatable bonds is 7. The van der Waals surface area contributed by atoms with E-state index in [1.807, 2.05) is 0 Å². The minimum absolute atomic E-state index is 0.668. The van der Waals surface area contributed by atoms with E-state index in [2.05, 4.69) is 72.8 Å². The molecule has 112 valence electrons. The molecule has 0 aliphatic rings. The van der Waals surface area contributed by atoms with Crippen LogP contribution in [0, 0.1) is 0 Å². The third kappa shape index (κ3) is 5.21. The standard InChI is InChI=1S/C18H24N2O/c1-20(2)13-16-8-10-18(11-9-16)19-12-15-4-6-17(7-5-15)14-21-3/h4-11,19H,12-14H2,1-3H3. The third-order valence-electron chi connectivity index (χ3n) is 3.28. The van der Waals surface area contributed by atoms with Gasteiger partial charge in [0.25, 0.3) is 0 Å². The number of ether oxygens (including phenoxy) is 1. The molecule has 21 heavy (non-hydrogen) atoms. The molecule has 0 saturated carbocycles. The van der Waals surface area contributed by atoms with Gasteiger partial charge < -0.3 is 15.0 Å². The predicted octanol–water partition coefficient (Wildman–Crippen LogP) is 3.51. The fourth-order valence-electron chi connectivity index (χ4n) is 2.22. The van der Waals surface area contributed by atoms with Crippen molar-refractivity contribution in [3.05, 3.63) is 65.2 Å². The van der Waals surface area contributed by atoms with Crippen LogP contribution in [0.3, 0.4) is 0 Å². The van der Waals surface area contributed by atoms with Gasteiger partial charge in [0.1, 0.15) is 0 Å². The Kier molecular flexibility index (Phi) is 5.78. The third-order valence-corrected chi connectivity index (χ3v) is 3.28. The second-order valence-electron chi connectivity index (χ2n) is 5.54. The van der Waals surface area contributed by atoms with Crippen LogP contribution in [0.5, 0.6) is 0 Å². The Bertz CT molecular complexity index is 532. The van der Waals surface area contributed by atoms with Crippen LogP contribution in [0.4, 0.5) is 5.69 Å². The topological polar surface area (TPSA) is 24.5 Å². The molecule has 0 unspecified atom stereocenters. The molecule has 0 bridgehead atoms. The molecular formula is C18H24N2O. The first kappa shape index (κ1) is 15.5. The smallest absolute Gasteiger partial charge is 0.0713 e. The zero-order valence-corrected chi connectivity index (χ0v) is 13.1. The van der Waals surface area contributed by atoms with Gasteiger partial charge in [0.05, 0.1) is 6.61 Å². The first-order valence-electron chi connectivity index (χ1n) is 7.21. The first-order valence-corrected chi connectivity index (χ1v) is 7.21. The molecule has 0 atom stereocenters. The molecule has 2 rings (SSSR count). The Labute approximate surface area is 127 Å². The molecule has 0 radical (unpaired) electrons. The van der Waals surface area contributed by atoms with Gasteiger partial charge in [0.15, 0.2) is 0 Å². The van der Waals surface area contributed by atoms with Gasteiger partial charge in [-0.15, -0.1) is 0 Å². The van der Waals surface area contributed by atoms with E-state index >= 15 is 0 Å². The second kappa shape index (κ2) is 7.81. The normalized spacial score (nSPS) is 10.9. The molecule has 0 aliphatic carbocycles. The van der Waals surface area contributed by atoms with Crippen LogP contribution in [0.15, 0.2) is 48.5 Å². The molecule has 0 aromatic heterocycles. The molecule has 0 saturated heterocycles. The number of nitrogens with zero attached hydrogens (tertiary/aromatic N) is 1. The Balaban J connectivity index is 1.87. The lowest BCUT2D eigenvalue weighted by Gasteiger charge is -2.11. The quantitative estimate of drug-likeness (QED) is 0.842. The number of benzene rings is 2. The van der Waals surface area contributed by atoms with Crippen molar-refractivity contribution in [1.29, 1.82) is 0 Å². The molecule has 3 heteroatoms. The lowest BCUT2D eigenvalue weighted by Crippen LogP contribution is -2.10. The Morgan fingerprint density at radius 3 is 2.00 bits per heavy atom. The summed E-state index contributed by atoms with van der Waals surface area (Å²) in [6.07, 6.45) is 0. The summed E-state index contributed by atoms with van der Waals surface area (Å²) >= 11 is 0. The van der Waals surface area contributed by atoms with Crippen LogP contribution in [0.2, 0.25) is 0 Å². The molecule has 0 fully saturated rings. The van der Waals surface area contributed by atoms with E-state index < -0.39 is 0 Å². The van der Waals surface area contributed by atoms with Crippen molar-refractivity contribution in [3.63, 3.8) is 0 Å². The molecule has 0 heterocycles. The number of methoxy groups -OCH3 is 1. The van der Waals surface area contributed by atoms with Crippen molar-refractivity contribution in [3.8, 4) is 0 Å². The average molecular weight is 284 g/mol. The van der Waals surface area contributed by atoms with Crippen LogP contribution >= 0.6 is 0 Å². The van der Waals surface area contributed by atoms with E-state index in [9.17, 15) is 0 Å². The van der Waals surface area contributed by atoms with Crippen LogP contribution in [0.25, 0.3) is 0 Å². The Morgan fingerprint density at radius 1 is 0.857 bits per heavy atom. The van der Waals surface area contributed by atoms with Gasteiger partial charge in [-0.25, -0.2) is 0 Å². The highest BCUT2D eigenvalue weighted by Gasteiger charge is 1.98. The van der Waals surface area contributed by atoms with Gasteiger partial charge in [-0.1, -0.05) is 36.4 Å². The van der Waals surface area contributed by atoms with Gasteiger partial charge in [-0.3, -0.25) is 0 Å². The molecule has 3 nitrogen and oxygen atoms in total. The summed E-state index contributed by atoms with van der Waals surface area (Å²) in [5, 5.41) is 3.45. The maximum absolute atomic E-state index is 5.12. The number of hydrogen-bond acceptors (Lipinski definition) is 3. The predicted molar refractivity (Wildman–Crippen MR) is 88.3 cm³/mol. The molecule has 1 N–H and O–H groups in total. The number of anilines is 1. The van der Waals surface area contributed by atoms with Gasteiger partial charge in [0, 0.05) is 25.9 Å². The van der Waals surface area contributed by atoms with Crippen LogP contribution in [0.1, 0.15) is 16.7 Å². The van der Waals surface area contributed by atoms with Crippen molar-refractivity contribution in [2.75, 3.05) is 26.5 Å². The summed E-state index contributed by atoms with van der Waals surface area (Å²) < 4.78 is 5.12. The van der Waals surface area contributed by atoms with Gasteiger partial charge in [-0.05, 0) is 42.9 Å². The monoisotopic (exact) mass is 284 g/mol. The molecule has 0 amide bonds.